The summed E-state index contributed by atoms with van der Waals surface area (Å²) in [4.78, 5) is 2.27. The summed E-state index contributed by atoms with van der Waals surface area (Å²) in [6.45, 7) is 0. The van der Waals surface area contributed by atoms with Crippen molar-refractivity contribution in [1.82, 2.24) is 4.57 Å². The Morgan fingerprint density at radius 1 is 0.327 bits per heavy atom. The zero-order valence-electron chi connectivity index (χ0n) is 28.0. The van der Waals surface area contributed by atoms with Crippen LogP contribution in [-0.2, 0) is 0 Å². The average molecular weight is 667 g/mol. The van der Waals surface area contributed by atoms with Crippen LogP contribution in [0.15, 0.2) is 191 Å². The third-order valence-electron chi connectivity index (χ3n) is 10.4. The molecule has 0 aliphatic heterocycles. The van der Waals surface area contributed by atoms with E-state index in [2.05, 4.69) is 167 Å². The van der Waals surface area contributed by atoms with E-state index < -0.39 is 0 Å². The maximum Gasteiger partial charge on any atom is 0.137 e. The molecule has 0 amide bonds. The van der Waals surface area contributed by atoms with Crippen molar-refractivity contribution >= 4 is 82.7 Å². The predicted octanol–water partition coefficient (Wildman–Crippen LogP) is 13.7. The first-order chi connectivity index (χ1) is 25.8. The van der Waals surface area contributed by atoms with E-state index in [1.54, 1.807) is 0 Å². The molecule has 0 aliphatic rings. The molecule has 0 aliphatic carbocycles. The average Bonchev–Trinajstić information content (AvgIpc) is 3.87. The summed E-state index contributed by atoms with van der Waals surface area (Å²) < 4.78 is 15.0. The molecule has 0 unspecified atom stereocenters. The van der Waals surface area contributed by atoms with Crippen molar-refractivity contribution in [2.24, 2.45) is 0 Å². The Balaban J connectivity index is 0.999. The van der Waals surface area contributed by atoms with Crippen LogP contribution >= 0.6 is 0 Å². The normalized spacial score (nSPS) is 11.8. The van der Waals surface area contributed by atoms with E-state index in [0.717, 1.165) is 77.8 Å². The van der Waals surface area contributed by atoms with Crippen LogP contribution in [0.3, 0.4) is 0 Å². The van der Waals surface area contributed by atoms with Gasteiger partial charge >= 0.3 is 0 Å². The van der Waals surface area contributed by atoms with Crippen molar-refractivity contribution in [3.63, 3.8) is 0 Å². The Hall–Kier alpha value is -7.04. The van der Waals surface area contributed by atoms with Gasteiger partial charge in [-0.3, -0.25) is 0 Å². The minimum Gasteiger partial charge on any atom is -0.456 e. The van der Waals surface area contributed by atoms with Gasteiger partial charge in [-0.25, -0.2) is 0 Å². The van der Waals surface area contributed by atoms with Crippen LogP contribution in [0.5, 0.6) is 0 Å². The van der Waals surface area contributed by atoms with E-state index in [-0.39, 0.29) is 0 Å². The van der Waals surface area contributed by atoms with Crippen molar-refractivity contribution < 1.29 is 8.83 Å². The lowest BCUT2D eigenvalue weighted by Gasteiger charge is -2.25. The summed E-state index contributed by atoms with van der Waals surface area (Å²) in [5.74, 6) is 0. The molecule has 0 N–H and O–H groups in total. The summed E-state index contributed by atoms with van der Waals surface area (Å²) in [5, 5.41) is 6.97. The highest BCUT2D eigenvalue weighted by molar-refractivity contribution is 6.10. The van der Waals surface area contributed by atoms with Gasteiger partial charge in [-0.1, -0.05) is 97.1 Å². The zero-order valence-corrected chi connectivity index (χ0v) is 28.0. The number of furan rings is 2. The molecule has 0 bridgehead atoms. The molecule has 0 spiro atoms. The smallest absolute Gasteiger partial charge is 0.137 e. The first-order valence-corrected chi connectivity index (χ1v) is 17.6. The fourth-order valence-corrected chi connectivity index (χ4v) is 7.96. The minimum absolute atomic E-state index is 0.855. The van der Waals surface area contributed by atoms with Gasteiger partial charge in [0.05, 0.1) is 11.0 Å². The summed E-state index contributed by atoms with van der Waals surface area (Å²) in [6, 6.07) is 64.3. The standard InChI is InChI=1S/C48H30N2O2/c1-5-13-43-37(9-1)38-10-2-6-14-44(38)50(43)34-23-19-32(20-24-34)31-17-21-33(22-18-31)49(35-25-27-41-39-11-3-7-15-45(39)51-47(41)29-35)36-26-28-42-40-12-4-8-16-46(40)52-48(42)30-36/h1-30H. The lowest BCUT2D eigenvalue weighted by Crippen LogP contribution is -2.09. The van der Waals surface area contributed by atoms with E-state index in [1.807, 2.05) is 24.3 Å². The molecule has 0 fully saturated rings. The highest BCUT2D eigenvalue weighted by Crippen LogP contribution is 2.41. The molecule has 0 radical (unpaired) electrons. The number of hydrogen-bond donors (Lipinski definition) is 0. The zero-order chi connectivity index (χ0) is 34.2. The molecular formula is C48H30N2O2. The quantitative estimate of drug-likeness (QED) is 0.183. The van der Waals surface area contributed by atoms with Crippen LogP contribution in [0.2, 0.25) is 0 Å². The molecule has 11 aromatic rings. The number of fused-ring (bicyclic) bond motifs is 9. The highest BCUT2D eigenvalue weighted by atomic mass is 16.3. The fraction of sp³-hybridized carbons (Fsp3) is 0. The molecule has 4 heteroatoms. The third-order valence-corrected chi connectivity index (χ3v) is 10.4. The first-order valence-electron chi connectivity index (χ1n) is 17.6. The maximum atomic E-state index is 6.34. The Morgan fingerprint density at radius 2 is 0.731 bits per heavy atom. The summed E-state index contributed by atoms with van der Waals surface area (Å²) in [6.07, 6.45) is 0. The second kappa shape index (κ2) is 11.2. The van der Waals surface area contributed by atoms with Crippen molar-refractivity contribution in [1.29, 1.82) is 0 Å². The van der Waals surface area contributed by atoms with Gasteiger partial charge in [0.1, 0.15) is 22.3 Å². The number of para-hydroxylation sites is 4. The molecule has 8 aromatic carbocycles. The van der Waals surface area contributed by atoms with Crippen LogP contribution in [0.25, 0.3) is 82.5 Å². The molecule has 0 saturated heterocycles. The van der Waals surface area contributed by atoms with E-state index in [1.165, 1.54) is 21.8 Å². The van der Waals surface area contributed by atoms with Gasteiger partial charge in [-0.05, 0) is 83.9 Å². The SMILES string of the molecule is c1ccc2c(c1)oc1cc(N(c3ccc(-c4ccc(-n5c6ccccc6c6ccccc65)cc4)cc3)c3ccc4c(c3)oc3ccccc34)ccc12. The third kappa shape index (κ3) is 4.41. The van der Waals surface area contributed by atoms with Crippen molar-refractivity contribution in [2.75, 3.05) is 4.90 Å². The van der Waals surface area contributed by atoms with E-state index in [0.29, 0.717) is 0 Å². The Labute approximate surface area is 299 Å². The molecule has 244 valence electrons. The van der Waals surface area contributed by atoms with Gasteiger partial charge in [0, 0.05) is 67.2 Å². The van der Waals surface area contributed by atoms with Gasteiger partial charge in [0.15, 0.2) is 0 Å². The molecule has 0 atom stereocenters. The summed E-state index contributed by atoms with van der Waals surface area (Å²) in [5.41, 5.74) is 12.4. The van der Waals surface area contributed by atoms with Gasteiger partial charge in [-0.15, -0.1) is 0 Å². The van der Waals surface area contributed by atoms with Gasteiger partial charge in [0.2, 0.25) is 0 Å². The van der Waals surface area contributed by atoms with Crippen LogP contribution in [-0.4, -0.2) is 4.57 Å². The van der Waals surface area contributed by atoms with Crippen molar-refractivity contribution in [3.8, 4) is 16.8 Å². The molecule has 4 nitrogen and oxygen atoms in total. The Kier molecular flexibility index (Phi) is 6.22. The lowest BCUT2D eigenvalue weighted by molar-refractivity contribution is 0.669. The largest absolute Gasteiger partial charge is 0.456 e. The van der Waals surface area contributed by atoms with Crippen LogP contribution in [0, 0.1) is 0 Å². The highest BCUT2D eigenvalue weighted by Gasteiger charge is 2.18. The lowest BCUT2D eigenvalue weighted by atomic mass is 10.0. The molecule has 0 saturated carbocycles. The van der Waals surface area contributed by atoms with Crippen molar-refractivity contribution in [3.05, 3.63) is 182 Å². The molecular weight excluding hydrogens is 637 g/mol. The number of nitrogens with zero attached hydrogens (tertiary/aromatic N) is 2. The molecule has 11 rings (SSSR count). The van der Waals surface area contributed by atoms with E-state index in [9.17, 15) is 0 Å². The first kappa shape index (κ1) is 28.8. The van der Waals surface area contributed by atoms with Crippen molar-refractivity contribution in [2.45, 2.75) is 0 Å². The second-order valence-electron chi connectivity index (χ2n) is 13.4. The summed E-state index contributed by atoms with van der Waals surface area (Å²) in [7, 11) is 0. The number of rotatable bonds is 5. The number of benzene rings is 8. The minimum atomic E-state index is 0.855. The van der Waals surface area contributed by atoms with Crippen LogP contribution in [0.1, 0.15) is 0 Å². The molecule has 52 heavy (non-hydrogen) atoms. The fourth-order valence-electron chi connectivity index (χ4n) is 7.96. The maximum absolute atomic E-state index is 6.34. The predicted molar refractivity (Wildman–Crippen MR) is 215 cm³/mol. The van der Waals surface area contributed by atoms with Crippen LogP contribution in [0.4, 0.5) is 17.1 Å². The van der Waals surface area contributed by atoms with E-state index in [4.69, 9.17) is 8.83 Å². The number of aromatic nitrogens is 1. The van der Waals surface area contributed by atoms with Gasteiger partial charge < -0.3 is 18.3 Å². The second-order valence-corrected chi connectivity index (χ2v) is 13.4. The monoisotopic (exact) mass is 666 g/mol. The topological polar surface area (TPSA) is 34.5 Å². The van der Waals surface area contributed by atoms with Crippen LogP contribution < -0.4 is 4.90 Å². The Bertz CT molecular complexity index is 2960. The van der Waals surface area contributed by atoms with Gasteiger partial charge in [0.25, 0.3) is 0 Å². The summed E-state index contributed by atoms with van der Waals surface area (Å²) >= 11 is 0. The molecule has 3 heterocycles. The number of anilines is 3. The van der Waals surface area contributed by atoms with E-state index >= 15 is 0 Å². The number of hydrogen-bond acceptors (Lipinski definition) is 3. The Morgan fingerprint density at radius 3 is 1.25 bits per heavy atom. The molecule has 3 aromatic heterocycles. The van der Waals surface area contributed by atoms with Gasteiger partial charge in [-0.2, -0.15) is 0 Å².